The molecule has 1 unspecified atom stereocenters. The van der Waals surface area contributed by atoms with Crippen LogP contribution in [-0.4, -0.2) is 50.8 Å². The van der Waals surface area contributed by atoms with Gasteiger partial charge in [0.25, 0.3) is 5.56 Å². The zero-order valence-corrected chi connectivity index (χ0v) is 17.1. The van der Waals surface area contributed by atoms with Crippen molar-refractivity contribution < 1.29 is 9.53 Å². The summed E-state index contributed by atoms with van der Waals surface area (Å²) in [6.07, 6.45) is 2.63. The lowest BCUT2D eigenvalue weighted by molar-refractivity contribution is -0.121. The van der Waals surface area contributed by atoms with E-state index in [1.807, 2.05) is 27.7 Å². The van der Waals surface area contributed by atoms with Crippen LogP contribution in [-0.2, 0) is 15.1 Å². The van der Waals surface area contributed by atoms with E-state index in [1.165, 1.54) is 11.8 Å². The van der Waals surface area contributed by atoms with Crippen molar-refractivity contribution in [2.45, 2.75) is 57.3 Å². The van der Waals surface area contributed by atoms with Gasteiger partial charge in [0.05, 0.1) is 17.8 Å². The Kier molecular flexibility index (Phi) is 5.90. The molecule has 0 aliphatic carbocycles. The van der Waals surface area contributed by atoms with Gasteiger partial charge in [-0.15, -0.1) is 0 Å². The summed E-state index contributed by atoms with van der Waals surface area (Å²) >= 11 is 1.52. The Morgan fingerprint density at radius 3 is 2.93 bits per heavy atom. The minimum absolute atomic E-state index is 0.0534. The summed E-state index contributed by atoms with van der Waals surface area (Å²) in [4.78, 5) is 29.9. The molecule has 148 valence electrons. The van der Waals surface area contributed by atoms with E-state index in [1.54, 1.807) is 15.4 Å². The second-order valence-corrected chi connectivity index (χ2v) is 8.59. The fourth-order valence-corrected chi connectivity index (χ4v) is 4.23. The fourth-order valence-electron chi connectivity index (χ4n) is 3.10. The molecule has 1 atom stereocenters. The number of hydrogen-bond acceptors (Lipinski definition) is 6. The number of nitrogens with one attached hydrogen (secondary N) is 1. The van der Waals surface area contributed by atoms with Crippen LogP contribution < -0.4 is 10.9 Å². The van der Waals surface area contributed by atoms with E-state index in [0.717, 1.165) is 6.42 Å². The number of amides is 1. The normalized spacial score (nSPS) is 16.7. The monoisotopic (exact) mass is 393 g/mol. The first-order chi connectivity index (χ1) is 12.8. The average Bonchev–Trinajstić information content (AvgIpc) is 3.19. The lowest BCUT2D eigenvalue weighted by Crippen LogP contribution is -2.31. The van der Waals surface area contributed by atoms with E-state index in [0.29, 0.717) is 41.7 Å². The number of rotatable bonds is 7. The maximum Gasteiger partial charge on any atom is 0.265 e. The van der Waals surface area contributed by atoms with Crippen LogP contribution in [0.4, 0.5) is 0 Å². The molecule has 1 aliphatic heterocycles. The van der Waals surface area contributed by atoms with E-state index >= 15 is 0 Å². The number of fused-ring (bicyclic) bond motifs is 2. The Labute approximate surface area is 162 Å². The van der Waals surface area contributed by atoms with Crippen molar-refractivity contribution in [1.82, 2.24) is 24.6 Å². The first-order valence-corrected chi connectivity index (χ1v) is 10.3. The maximum absolute atomic E-state index is 13.0. The standard InChI is InChI=1S/C18H27N5O3S/c1-5-26-8-6-7-19-14(24)9-12-11-27-17-21-15-13(16(25)22(12)17)10-20-23(15)18(2,3)4/h10,12H,5-9,11H2,1-4H3,(H,19,24). The van der Waals surface area contributed by atoms with E-state index in [-0.39, 0.29) is 29.5 Å². The number of carbonyl (C=O) groups excluding carboxylic acids is 1. The Bertz CT molecular complexity index is 883. The number of thioether (sulfide) groups is 1. The van der Waals surface area contributed by atoms with Crippen molar-refractivity contribution >= 4 is 28.7 Å². The molecule has 2 aromatic heterocycles. The van der Waals surface area contributed by atoms with Gasteiger partial charge in [-0.05, 0) is 34.1 Å². The van der Waals surface area contributed by atoms with Gasteiger partial charge in [-0.2, -0.15) is 5.10 Å². The molecule has 2 aromatic rings. The molecule has 0 fully saturated rings. The highest BCUT2D eigenvalue weighted by Crippen LogP contribution is 2.33. The molecule has 9 heteroatoms. The summed E-state index contributed by atoms with van der Waals surface area (Å²) in [7, 11) is 0. The molecule has 8 nitrogen and oxygen atoms in total. The predicted octanol–water partition coefficient (Wildman–Crippen LogP) is 1.93. The predicted molar refractivity (Wildman–Crippen MR) is 105 cm³/mol. The Morgan fingerprint density at radius 1 is 1.44 bits per heavy atom. The van der Waals surface area contributed by atoms with Gasteiger partial charge < -0.3 is 10.1 Å². The van der Waals surface area contributed by atoms with Crippen molar-refractivity contribution in [2.75, 3.05) is 25.5 Å². The Balaban J connectivity index is 1.75. The van der Waals surface area contributed by atoms with Crippen molar-refractivity contribution in [3.05, 3.63) is 16.6 Å². The topological polar surface area (TPSA) is 91.0 Å². The lowest BCUT2D eigenvalue weighted by Gasteiger charge is -2.20. The number of nitrogens with zero attached hydrogens (tertiary/aromatic N) is 4. The summed E-state index contributed by atoms with van der Waals surface area (Å²) < 4.78 is 8.70. The molecule has 0 radical (unpaired) electrons. The number of carbonyl (C=O) groups is 1. The van der Waals surface area contributed by atoms with Gasteiger partial charge in [0.15, 0.2) is 10.8 Å². The van der Waals surface area contributed by atoms with Crippen molar-refractivity contribution in [1.29, 1.82) is 0 Å². The second-order valence-electron chi connectivity index (χ2n) is 7.60. The maximum atomic E-state index is 13.0. The molecule has 0 saturated heterocycles. The largest absolute Gasteiger partial charge is 0.382 e. The first kappa shape index (κ1) is 19.9. The molecule has 0 spiro atoms. The number of hydrogen-bond donors (Lipinski definition) is 1. The lowest BCUT2D eigenvalue weighted by atomic mass is 10.1. The van der Waals surface area contributed by atoms with Crippen molar-refractivity contribution in [3.8, 4) is 0 Å². The van der Waals surface area contributed by atoms with Gasteiger partial charge in [0.1, 0.15) is 5.39 Å². The molecule has 1 amide bonds. The Hall–Kier alpha value is -1.87. The van der Waals surface area contributed by atoms with E-state index in [2.05, 4.69) is 15.4 Å². The molecule has 3 heterocycles. The van der Waals surface area contributed by atoms with E-state index in [9.17, 15) is 9.59 Å². The fraction of sp³-hybridized carbons (Fsp3) is 0.667. The van der Waals surface area contributed by atoms with Crippen LogP contribution in [0.15, 0.2) is 16.1 Å². The molecule has 0 saturated carbocycles. The van der Waals surface area contributed by atoms with Crippen LogP contribution in [0.5, 0.6) is 0 Å². The number of ether oxygens (including phenoxy) is 1. The Morgan fingerprint density at radius 2 is 2.22 bits per heavy atom. The summed E-state index contributed by atoms with van der Waals surface area (Å²) in [5.41, 5.74) is 0.223. The molecule has 0 aromatic carbocycles. The molecule has 0 bridgehead atoms. The third kappa shape index (κ3) is 4.19. The van der Waals surface area contributed by atoms with Crippen LogP contribution in [0.2, 0.25) is 0 Å². The smallest absolute Gasteiger partial charge is 0.265 e. The van der Waals surface area contributed by atoms with Gasteiger partial charge in [-0.3, -0.25) is 14.2 Å². The summed E-state index contributed by atoms with van der Waals surface area (Å²) in [6, 6.07) is -0.181. The van der Waals surface area contributed by atoms with Crippen LogP contribution in [0, 0.1) is 0 Å². The quantitative estimate of drug-likeness (QED) is 0.571. The molecule has 27 heavy (non-hydrogen) atoms. The third-order valence-corrected chi connectivity index (χ3v) is 5.52. The second kappa shape index (κ2) is 8.02. The summed E-state index contributed by atoms with van der Waals surface area (Å²) in [5, 5.41) is 8.42. The highest BCUT2D eigenvalue weighted by Gasteiger charge is 2.30. The summed E-state index contributed by atoms with van der Waals surface area (Å²) in [6.45, 7) is 9.92. The van der Waals surface area contributed by atoms with Crippen LogP contribution >= 0.6 is 11.8 Å². The minimum atomic E-state index is -0.260. The van der Waals surface area contributed by atoms with E-state index < -0.39 is 0 Å². The SMILES string of the molecule is CCOCCCNC(=O)CC1CSc2nc3c(cnn3C(C)(C)C)c(=O)n21. The highest BCUT2D eigenvalue weighted by atomic mass is 32.2. The number of aromatic nitrogens is 4. The van der Waals surface area contributed by atoms with Crippen LogP contribution in [0.1, 0.15) is 46.6 Å². The molecule has 1 aliphatic rings. The molecule has 3 rings (SSSR count). The van der Waals surface area contributed by atoms with Gasteiger partial charge in [-0.25, -0.2) is 9.67 Å². The molecular weight excluding hydrogens is 366 g/mol. The minimum Gasteiger partial charge on any atom is -0.382 e. The zero-order valence-electron chi connectivity index (χ0n) is 16.3. The van der Waals surface area contributed by atoms with Gasteiger partial charge in [0, 0.05) is 31.9 Å². The highest BCUT2D eigenvalue weighted by molar-refractivity contribution is 7.99. The van der Waals surface area contributed by atoms with Crippen LogP contribution in [0.3, 0.4) is 0 Å². The van der Waals surface area contributed by atoms with Crippen LogP contribution in [0.25, 0.3) is 11.0 Å². The molecular formula is C18H27N5O3S. The first-order valence-electron chi connectivity index (χ1n) is 9.31. The average molecular weight is 394 g/mol. The van der Waals surface area contributed by atoms with Gasteiger partial charge >= 0.3 is 0 Å². The van der Waals surface area contributed by atoms with Crippen molar-refractivity contribution in [3.63, 3.8) is 0 Å². The zero-order chi connectivity index (χ0) is 19.6. The van der Waals surface area contributed by atoms with E-state index in [4.69, 9.17) is 4.74 Å². The van der Waals surface area contributed by atoms with Crippen molar-refractivity contribution in [2.24, 2.45) is 0 Å². The molecule has 1 N–H and O–H groups in total. The van der Waals surface area contributed by atoms with Gasteiger partial charge in [0.2, 0.25) is 5.91 Å². The van der Waals surface area contributed by atoms with Gasteiger partial charge in [-0.1, -0.05) is 11.8 Å². The third-order valence-electron chi connectivity index (χ3n) is 4.42. The summed E-state index contributed by atoms with van der Waals surface area (Å²) in [5.74, 6) is 0.617.